The number of hydrogen-bond acceptors (Lipinski definition) is 6. The van der Waals surface area contributed by atoms with Gasteiger partial charge in [-0.25, -0.2) is 13.8 Å². The number of Topliss-reactive ketones (excluding diaryl/α,β-unsaturated/α-hetero) is 1. The summed E-state index contributed by atoms with van der Waals surface area (Å²) in [6, 6.07) is 2.04. The predicted octanol–water partition coefficient (Wildman–Crippen LogP) is 4.51. The summed E-state index contributed by atoms with van der Waals surface area (Å²) >= 11 is 1.10. The summed E-state index contributed by atoms with van der Waals surface area (Å²) in [5, 5.41) is 23.7. The minimum Gasteiger partial charge on any atom is -0.393 e. The number of aromatic nitrogens is 2. The van der Waals surface area contributed by atoms with Crippen molar-refractivity contribution in [2.45, 2.75) is 62.8 Å². The van der Waals surface area contributed by atoms with E-state index in [9.17, 15) is 28.6 Å². The van der Waals surface area contributed by atoms with E-state index in [-0.39, 0.29) is 40.6 Å². The predicted molar refractivity (Wildman–Crippen MR) is 135 cm³/mol. The number of rotatable bonds is 4. The molecule has 1 aromatic carbocycles. The molecular formula is C28H30F2N2O4S. The molecule has 0 aliphatic heterocycles. The zero-order valence-electron chi connectivity index (χ0n) is 20.8. The zero-order valence-corrected chi connectivity index (χ0v) is 21.6. The molecule has 3 fully saturated rings. The molecule has 0 radical (unpaired) electrons. The van der Waals surface area contributed by atoms with Gasteiger partial charge in [0.25, 0.3) is 0 Å². The number of benzene rings is 1. The number of hydrogen-bond donors (Lipinski definition) is 3. The number of fused-ring (bicyclic) bond motifs is 6. The minimum atomic E-state index is -1.59. The minimum absolute atomic E-state index is 0.0147. The molecule has 1 aromatic heterocycles. The van der Waals surface area contributed by atoms with Gasteiger partial charge in [-0.1, -0.05) is 37.3 Å². The molecule has 9 heteroatoms. The van der Waals surface area contributed by atoms with E-state index in [1.54, 1.807) is 12.2 Å². The molecule has 5 unspecified atom stereocenters. The van der Waals surface area contributed by atoms with Crippen LogP contribution < -0.4 is 0 Å². The van der Waals surface area contributed by atoms with Crippen molar-refractivity contribution in [2.24, 2.45) is 28.6 Å². The third-order valence-electron chi connectivity index (χ3n) is 9.95. The maximum Gasteiger partial charge on any atom is 0.178 e. The lowest BCUT2D eigenvalue weighted by Crippen LogP contribution is -2.61. The molecule has 1 heterocycles. The molecule has 7 atom stereocenters. The molecule has 2 aromatic rings. The van der Waals surface area contributed by atoms with Crippen molar-refractivity contribution in [3.8, 4) is 0 Å². The van der Waals surface area contributed by atoms with Gasteiger partial charge >= 0.3 is 0 Å². The summed E-state index contributed by atoms with van der Waals surface area (Å²) in [5.41, 5.74) is -1.11. The first kappa shape index (κ1) is 24.9. The van der Waals surface area contributed by atoms with E-state index in [4.69, 9.17) is 0 Å². The van der Waals surface area contributed by atoms with Crippen LogP contribution in [0.4, 0.5) is 8.78 Å². The molecule has 6 rings (SSSR count). The molecule has 37 heavy (non-hydrogen) atoms. The van der Waals surface area contributed by atoms with Gasteiger partial charge in [0, 0.05) is 28.9 Å². The van der Waals surface area contributed by atoms with Crippen LogP contribution in [-0.4, -0.2) is 49.2 Å². The number of aliphatic hydroxyl groups excluding tert-OH is 1. The number of allylic oxidation sites excluding steroid dienone is 4. The molecule has 3 saturated carbocycles. The number of carbonyl (C=O) groups excluding carboxylic acids is 2. The van der Waals surface area contributed by atoms with Crippen molar-refractivity contribution < 1.29 is 28.6 Å². The maximum absolute atomic E-state index is 13.6. The van der Waals surface area contributed by atoms with Gasteiger partial charge in [-0.05, 0) is 56.1 Å². The first-order chi connectivity index (χ1) is 17.5. The number of nitrogens with one attached hydrogen (secondary N) is 1. The Morgan fingerprint density at radius 3 is 2.78 bits per heavy atom. The Morgan fingerprint density at radius 2 is 2.00 bits per heavy atom. The van der Waals surface area contributed by atoms with Gasteiger partial charge in [-0.2, -0.15) is 0 Å². The van der Waals surface area contributed by atoms with Crippen LogP contribution in [0.2, 0.25) is 0 Å². The van der Waals surface area contributed by atoms with Crippen molar-refractivity contribution in [3.63, 3.8) is 0 Å². The highest BCUT2D eigenvalue weighted by Crippen LogP contribution is 2.67. The lowest BCUT2D eigenvalue weighted by molar-refractivity contribution is -0.174. The van der Waals surface area contributed by atoms with Crippen LogP contribution in [0.25, 0.3) is 11.0 Å². The first-order valence-electron chi connectivity index (χ1n) is 12.8. The number of halogens is 2. The molecule has 196 valence electrons. The molecule has 4 aliphatic rings. The Morgan fingerprint density at radius 1 is 1.24 bits per heavy atom. The Labute approximate surface area is 217 Å². The monoisotopic (exact) mass is 528 g/mol. The highest BCUT2D eigenvalue weighted by molar-refractivity contribution is 7.99. The second-order valence-electron chi connectivity index (χ2n) is 11.6. The smallest absolute Gasteiger partial charge is 0.178 e. The molecule has 4 aliphatic carbocycles. The van der Waals surface area contributed by atoms with Crippen molar-refractivity contribution in [1.29, 1.82) is 0 Å². The first-order valence-corrected chi connectivity index (χ1v) is 13.8. The number of imidazole rings is 1. The summed E-state index contributed by atoms with van der Waals surface area (Å²) in [4.78, 5) is 32.7. The molecular weight excluding hydrogens is 498 g/mol. The second kappa shape index (κ2) is 8.32. The van der Waals surface area contributed by atoms with Crippen LogP contribution in [0, 0.1) is 40.2 Å². The average molecular weight is 529 g/mol. The quantitative estimate of drug-likeness (QED) is 0.505. The number of H-pyrrole nitrogens is 1. The summed E-state index contributed by atoms with van der Waals surface area (Å²) in [6.45, 7) is 4.03. The van der Waals surface area contributed by atoms with Crippen LogP contribution >= 0.6 is 11.8 Å². The van der Waals surface area contributed by atoms with E-state index in [1.807, 2.05) is 13.0 Å². The van der Waals surface area contributed by atoms with E-state index in [2.05, 4.69) is 16.9 Å². The number of aromatic amines is 1. The van der Waals surface area contributed by atoms with Crippen molar-refractivity contribution >= 4 is 34.4 Å². The van der Waals surface area contributed by atoms with Gasteiger partial charge in [0.1, 0.15) is 5.60 Å². The molecule has 0 bridgehead atoms. The summed E-state index contributed by atoms with van der Waals surface area (Å²) in [6.07, 6.45) is 7.44. The van der Waals surface area contributed by atoms with Gasteiger partial charge < -0.3 is 15.2 Å². The fourth-order valence-corrected chi connectivity index (χ4v) is 8.94. The van der Waals surface area contributed by atoms with E-state index >= 15 is 0 Å². The van der Waals surface area contributed by atoms with E-state index in [0.717, 1.165) is 42.3 Å². The number of carbonyl (C=O) groups is 2. The van der Waals surface area contributed by atoms with E-state index < -0.39 is 34.2 Å². The van der Waals surface area contributed by atoms with Crippen LogP contribution in [0.5, 0.6) is 0 Å². The lowest BCUT2D eigenvalue weighted by atomic mass is 9.46. The second-order valence-corrected chi connectivity index (χ2v) is 12.6. The van der Waals surface area contributed by atoms with Gasteiger partial charge in [-0.15, -0.1) is 0 Å². The lowest BCUT2D eigenvalue weighted by Gasteiger charge is -2.59. The molecule has 6 nitrogen and oxygen atoms in total. The Hall–Kier alpha value is -2.36. The highest BCUT2D eigenvalue weighted by Gasteiger charge is 2.68. The standard InChI is InChI=1S/C28H30F2N2O4S/c1-26-7-5-15(33)9-14(26)3-4-16-17-6-8-28(36,27(17,2)12-22(34)24(16)26)23(35)13-37-25-31-20-10-18(29)19(30)11-21(20)32-25/h5,7,9-11,16-17,22,24,34,36H,3-4,6,8,12-13H2,1-2H3,(H,31,32)/t16?,17?,22-,24?,26?,27?,28-/m0/s1. The van der Waals surface area contributed by atoms with E-state index in [1.165, 1.54) is 0 Å². The Bertz CT molecular complexity index is 1350. The van der Waals surface area contributed by atoms with Crippen LogP contribution in [-0.2, 0) is 9.59 Å². The number of ketones is 2. The SMILES string of the molecule is CC12C=CC(=O)C=C1CCC1C2[C@@H](O)CC2(C)C1CC[C@]2(O)C(=O)CSc1nc2cc(F)c(F)cc2[nH]1. The third-order valence-corrected chi connectivity index (χ3v) is 10.8. The zero-order chi connectivity index (χ0) is 26.3. The largest absolute Gasteiger partial charge is 0.393 e. The summed E-state index contributed by atoms with van der Waals surface area (Å²) in [5.74, 6) is -2.23. The average Bonchev–Trinajstić information content (AvgIpc) is 3.35. The summed E-state index contributed by atoms with van der Waals surface area (Å²) in [7, 11) is 0. The Kier molecular flexibility index (Phi) is 5.61. The fourth-order valence-electron chi connectivity index (χ4n) is 8.09. The van der Waals surface area contributed by atoms with Crippen LogP contribution in [0.1, 0.15) is 46.0 Å². The number of nitrogens with zero attached hydrogens (tertiary/aromatic N) is 1. The summed E-state index contributed by atoms with van der Waals surface area (Å²) < 4.78 is 27.1. The molecule has 0 saturated heterocycles. The highest BCUT2D eigenvalue weighted by atomic mass is 32.2. The number of aliphatic hydroxyl groups is 2. The maximum atomic E-state index is 13.6. The Balaban J connectivity index is 1.23. The molecule has 0 amide bonds. The van der Waals surface area contributed by atoms with Crippen LogP contribution in [0.3, 0.4) is 0 Å². The van der Waals surface area contributed by atoms with Crippen LogP contribution in [0.15, 0.2) is 41.1 Å². The van der Waals surface area contributed by atoms with Gasteiger partial charge in [-0.3, -0.25) is 9.59 Å². The normalized spacial score (nSPS) is 38.8. The van der Waals surface area contributed by atoms with Gasteiger partial charge in [0.15, 0.2) is 28.4 Å². The third kappa shape index (κ3) is 3.53. The topological polar surface area (TPSA) is 103 Å². The van der Waals surface area contributed by atoms with Crippen molar-refractivity contribution in [3.05, 3.63) is 47.6 Å². The molecule has 0 spiro atoms. The van der Waals surface area contributed by atoms with Gasteiger partial charge in [0.05, 0.1) is 22.9 Å². The van der Waals surface area contributed by atoms with Crippen molar-refractivity contribution in [2.75, 3.05) is 5.75 Å². The van der Waals surface area contributed by atoms with E-state index in [0.29, 0.717) is 29.9 Å². The van der Waals surface area contributed by atoms with Crippen molar-refractivity contribution in [1.82, 2.24) is 9.97 Å². The fraction of sp³-hybridized carbons (Fsp3) is 0.536. The number of thioether (sulfide) groups is 1. The molecule has 3 N–H and O–H groups in total. The van der Waals surface area contributed by atoms with Gasteiger partial charge in [0.2, 0.25) is 0 Å².